The number of anilines is 1. The van der Waals surface area contributed by atoms with Crippen LogP contribution in [0.15, 0.2) is 106 Å². The zero-order valence-corrected chi connectivity index (χ0v) is 26.2. The number of hydrogen-bond donors (Lipinski definition) is 2. The first-order valence-corrected chi connectivity index (χ1v) is 17.6. The maximum absolute atomic E-state index is 13.0. The lowest BCUT2D eigenvalue weighted by Gasteiger charge is -2.12. The molecule has 16 heteroatoms. The highest BCUT2D eigenvalue weighted by molar-refractivity contribution is 7.93. The Balaban J connectivity index is 0.00000104. The smallest absolute Gasteiger partial charge is 0.267 e. The number of pyridine rings is 1. The van der Waals surface area contributed by atoms with Crippen molar-refractivity contribution in [2.45, 2.75) is 29.0 Å². The lowest BCUT2D eigenvalue weighted by molar-refractivity contribution is -1.73. The molecule has 3 aromatic carbocycles. The minimum absolute atomic E-state index is 0.0107. The zero-order chi connectivity index (χ0) is 31.9. The lowest BCUT2D eigenvalue weighted by atomic mass is 9.99. The molecule has 5 aromatic rings. The minimum Gasteiger partial charge on any atom is -0.357 e. The van der Waals surface area contributed by atoms with Crippen LogP contribution in [0.25, 0.3) is 28.1 Å². The molecular weight excluding hydrogens is 650 g/mol. The van der Waals surface area contributed by atoms with E-state index in [1.807, 2.05) is 36.4 Å². The number of rotatable bonds is 9. The lowest BCUT2D eigenvalue weighted by Crippen LogP contribution is -2.42. The van der Waals surface area contributed by atoms with Crippen LogP contribution in [-0.4, -0.2) is 27.0 Å². The van der Waals surface area contributed by atoms with Crippen molar-refractivity contribution in [2.75, 3.05) is 4.72 Å². The largest absolute Gasteiger partial charge is 0.357 e. The summed E-state index contributed by atoms with van der Waals surface area (Å²) in [4.78, 5) is -0.0107. The Morgan fingerprint density at radius 1 is 0.818 bits per heavy atom. The monoisotopic (exact) mass is 675 g/mol. The van der Waals surface area contributed by atoms with Gasteiger partial charge in [-0.1, -0.05) is 66.8 Å². The molecule has 0 unspecified atom stereocenters. The Labute approximate surface area is 261 Å². The van der Waals surface area contributed by atoms with Crippen molar-refractivity contribution in [1.82, 2.24) is 10.2 Å². The van der Waals surface area contributed by atoms with Crippen LogP contribution < -0.4 is 28.4 Å². The van der Waals surface area contributed by atoms with Gasteiger partial charge in [0.25, 0.3) is 20.0 Å². The van der Waals surface area contributed by atoms with Crippen LogP contribution in [0.2, 0.25) is 0 Å². The zero-order valence-electron chi connectivity index (χ0n) is 23.0. The molecule has 0 bridgehead atoms. The Kier molecular flexibility index (Phi) is 10.8. The molecule has 0 fully saturated rings. The third kappa shape index (κ3) is 8.43. The quantitative estimate of drug-likeness (QED) is 0.213. The molecule has 0 aliphatic heterocycles. The fourth-order valence-corrected chi connectivity index (χ4v) is 6.89. The number of nitrogens with two attached hydrogens (primary N) is 1. The summed E-state index contributed by atoms with van der Waals surface area (Å²) in [5, 5.41) is 11.9. The minimum atomic E-state index is -4.09. The molecule has 0 amide bonds. The Hall–Kier alpha value is -3.80. The van der Waals surface area contributed by atoms with Crippen molar-refractivity contribution in [3.05, 3.63) is 103 Å². The molecule has 0 spiro atoms. The van der Waals surface area contributed by atoms with Gasteiger partial charge in [0.15, 0.2) is 5.69 Å². The number of aryl methyl sites for hydroxylation is 1. The molecule has 3 N–H and O–H groups in total. The van der Waals surface area contributed by atoms with E-state index >= 15 is 0 Å². The van der Waals surface area contributed by atoms with Crippen LogP contribution in [0.5, 0.6) is 0 Å². The normalized spacial score (nSPS) is 11.6. The number of nitrogens with zero attached hydrogens (tertiary/aromatic N) is 3. The average molecular weight is 676 g/mol. The molecule has 44 heavy (non-hydrogen) atoms. The number of halogens is 1. The number of nitrogens with one attached hydrogen (secondary N) is 1. The van der Waals surface area contributed by atoms with E-state index in [-0.39, 0.29) is 10.0 Å². The molecule has 0 aliphatic rings. The Morgan fingerprint density at radius 2 is 1.39 bits per heavy atom. The first-order valence-electron chi connectivity index (χ1n) is 12.8. The second-order valence-corrected chi connectivity index (χ2v) is 13.9. The molecular formula is C28H26ClN5O7S3. The second kappa shape index (κ2) is 14.3. The molecule has 0 aliphatic carbocycles. The van der Waals surface area contributed by atoms with Gasteiger partial charge in [0.1, 0.15) is 0 Å². The standard InChI is InChI=1S/C28H26N5O4S3.ClO3/c1-2-9-24-18-22(20-10-5-3-6-11-20)19-26(21-12-7-4-8-13-21)33(24)23-14-16-25(17-15-23)40(36,37)32-27-30-31-28(38-27)39(29,34)35;2-1(3)4/h3-8,10-19H,2,9H2,1H3,(H,30,32)(H2,29,34,35);/q+1;-1. The predicted molar refractivity (Wildman–Crippen MR) is 155 cm³/mol. The van der Waals surface area contributed by atoms with Gasteiger partial charge < -0.3 is 14.0 Å². The van der Waals surface area contributed by atoms with Gasteiger partial charge in [-0.2, -0.15) is 4.57 Å². The van der Waals surface area contributed by atoms with Crippen LogP contribution in [-0.2, 0) is 26.5 Å². The van der Waals surface area contributed by atoms with E-state index in [0.29, 0.717) is 11.3 Å². The Bertz CT molecular complexity index is 1920. The van der Waals surface area contributed by atoms with E-state index < -0.39 is 35.2 Å². The topological polar surface area (TPSA) is 205 Å². The molecule has 2 heterocycles. The highest BCUT2D eigenvalue weighted by Crippen LogP contribution is 2.28. The predicted octanol–water partition coefficient (Wildman–Crippen LogP) is 0.983. The van der Waals surface area contributed by atoms with Crippen LogP contribution in [0.1, 0.15) is 19.0 Å². The van der Waals surface area contributed by atoms with Gasteiger partial charge in [0, 0.05) is 36.2 Å². The summed E-state index contributed by atoms with van der Waals surface area (Å²) >= 11 is 0.538. The maximum atomic E-state index is 13.0. The maximum Gasteiger partial charge on any atom is 0.267 e. The van der Waals surface area contributed by atoms with Crippen LogP contribution >= 0.6 is 11.3 Å². The number of primary sulfonamides is 1. The summed E-state index contributed by atoms with van der Waals surface area (Å²) in [6.45, 7) is 2.12. The molecule has 2 aromatic heterocycles. The summed E-state index contributed by atoms with van der Waals surface area (Å²) in [7, 11) is -11.0. The van der Waals surface area contributed by atoms with Crippen LogP contribution in [0.3, 0.4) is 0 Å². The van der Waals surface area contributed by atoms with E-state index in [2.05, 4.69) is 62.8 Å². The fraction of sp³-hybridized carbons (Fsp3) is 0.107. The summed E-state index contributed by atoms with van der Waals surface area (Å²) < 4.78 is 78.1. The van der Waals surface area contributed by atoms with Gasteiger partial charge in [0.2, 0.25) is 20.9 Å². The number of benzene rings is 3. The van der Waals surface area contributed by atoms with Crippen molar-refractivity contribution in [2.24, 2.45) is 5.14 Å². The first kappa shape index (κ1) is 33.1. The van der Waals surface area contributed by atoms with Gasteiger partial charge in [0.05, 0.1) is 15.7 Å². The van der Waals surface area contributed by atoms with Crippen molar-refractivity contribution in [3.8, 4) is 28.1 Å². The summed E-state index contributed by atoms with van der Waals surface area (Å²) in [5.41, 5.74) is 6.09. The number of sulfonamides is 2. The van der Waals surface area contributed by atoms with Gasteiger partial charge in [-0.3, -0.25) is 4.72 Å². The molecule has 0 saturated heterocycles. The Morgan fingerprint density at radius 3 is 1.91 bits per heavy atom. The molecule has 0 saturated carbocycles. The van der Waals surface area contributed by atoms with Crippen molar-refractivity contribution in [3.63, 3.8) is 0 Å². The highest BCUT2D eigenvalue weighted by Gasteiger charge is 2.25. The molecule has 0 atom stereocenters. The third-order valence-electron chi connectivity index (χ3n) is 6.10. The summed E-state index contributed by atoms with van der Waals surface area (Å²) in [5.74, 6) is 0. The van der Waals surface area contributed by atoms with Crippen LogP contribution in [0, 0.1) is 10.8 Å². The third-order valence-corrected chi connectivity index (χ3v) is 9.73. The van der Waals surface area contributed by atoms with Gasteiger partial charge in [-0.25, -0.2) is 22.0 Å². The SMILES string of the molecule is CCCc1cc(-c2ccccc2)cc(-c2ccccc2)[n+]1-c1ccc(S(=O)(=O)Nc2nnc(S(N)(=O)=O)s2)cc1.[O-][Cl+2]([O-])[O-]. The van der Waals surface area contributed by atoms with Crippen LogP contribution in [0.4, 0.5) is 5.13 Å². The van der Waals surface area contributed by atoms with E-state index in [4.69, 9.17) is 19.1 Å². The van der Waals surface area contributed by atoms with E-state index in [1.165, 1.54) is 12.1 Å². The van der Waals surface area contributed by atoms with Gasteiger partial charge in [-0.05, 0) is 41.8 Å². The van der Waals surface area contributed by atoms with Gasteiger partial charge >= 0.3 is 0 Å². The molecule has 5 rings (SSSR count). The second-order valence-electron chi connectivity index (χ2n) is 9.14. The highest BCUT2D eigenvalue weighted by atomic mass is 35.6. The average Bonchev–Trinajstić information content (AvgIpc) is 3.46. The summed E-state index contributed by atoms with van der Waals surface area (Å²) in [6, 6.07) is 31.1. The summed E-state index contributed by atoms with van der Waals surface area (Å²) in [6.07, 6.45) is 1.73. The van der Waals surface area contributed by atoms with E-state index in [0.717, 1.165) is 46.6 Å². The molecule has 0 radical (unpaired) electrons. The van der Waals surface area contributed by atoms with Crippen molar-refractivity contribution < 1.29 is 46.2 Å². The molecule has 12 nitrogen and oxygen atoms in total. The first-order chi connectivity index (χ1) is 20.9. The molecule has 230 valence electrons. The fourth-order valence-electron chi connectivity index (χ4n) is 4.33. The number of aromatic nitrogens is 3. The van der Waals surface area contributed by atoms with Crippen molar-refractivity contribution >= 4 is 36.5 Å². The van der Waals surface area contributed by atoms with Crippen molar-refractivity contribution in [1.29, 1.82) is 0 Å². The van der Waals surface area contributed by atoms with E-state index in [1.54, 1.807) is 12.1 Å². The van der Waals surface area contributed by atoms with Gasteiger partial charge in [-0.15, -0.1) is 10.2 Å². The number of hydrogen-bond acceptors (Lipinski definition) is 10. The van der Waals surface area contributed by atoms with E-state index in [9.17, 15) is 16.8 Å².